The van der Waals surface area contributed by atoms with Crippen LogP contribution < -0.4 is 10.2 Å². The van der Waals surface area contributed by atoms with Crippen molar-refractivity contribution in [1.29, 1.82) is 0 Å². The van der Waals surface area contributed by atoms with Gasteiger partial charge in [0.05, 0.1) is 18.1 Å². The van der Waals surface area contributed by atoms with E-state index >= 15 is 4.39 Å². The van der Waals surface area contributed by atoms with Gasteiger partial charge in [0, 0.05) is 43.7 Å². The van der Waals surface area contributed by atoms with Crippen LogP contribution in [0.5, 0.6) is 0 Å². The molecule has 0 unspecified atom stereocenters. The van der Waals surface area contributed by atoms with E-state index in [0.717, 1.165) is 11.1 Å². The Morgan fingerprint density at radius 2 is 1.77 bits per heavy atom. The van der Waals surface area contributed by atoms with E-state index in [1.54, 1.807) is 11.1 Å². The van der Waals surface area contributed by atoms with Crippen molar-refractivity contribution in [1.82, 2.24) is 25.3 Å². The SMILES string of the molecule is Cc1cc(-c2c(F)cncc2N2CCN(C(=O)OC(C)(C)C)CC2)ccc1CNC(=O)c1nc(C(C)(C)C)no1. The van der Waals surface area contributed by atoms with E-state index < -0.39 is 17.3 Å². The number of hydrogen-bond acceptors (Lipinski definition) is 8. The molecule has 2 amide bonds. The fraction of sp³-hybridized carbons (Fsp3) is 0.483. The minimum absolute atomic E-state index is 0.0885. The first-order chi connectivity index (χ1) is 18.7. The Hall–Kier alpha value is -4.02. The molecule has 0 spiro atoms. The number of hydrogen-bond donors (Lipinski definition) is 1. The Morgan fingerprint density at radius 3 is 2.38 bits per heavy atom. The van der Waals surface area contributed by atoms with Crippen molar-refractivity contribution in [3.05, 3.63) is 59.3 Å². The number of carbonyl (C=O) groups is 2. The summed E-state index contributed by atoms with van der Waals surface area (Å²) in [7, 11) is 0. The zero-order valence-corrected chi connectivity index (χ0v) is 24.2. The minimum Gasteiger partial charge on any atom is -0.444 e. The Kier molecular flexibility index (Phi) is 8.13. The molecular weight excluding hydrogens is 515 g/mol. The molecule has 1 fully saturated rings. The number of anilines is 1. The molecule has 3 aromatic rings. The normalized spacial score (nSPS) is 14.3. The first-order valence-corrected chi connectivity index (χ1v) is 13.3. The van der Waals surface area contributed by atoms with Gasteiger partial charge < -0.3 is 24.4 Å². The molecule has 1 saturated heterocycles. The van der Waals surface area contributed by atoms with Gasteiger partial charge in [-0.2, -0.15) is 4.98 Å². The molecule has 1 aromatic carbocycles. The quantitative estimate of drug-likeness (QED) is 0.477. The average molecular weight is 553 g/mol. The summed E-state index contributed by atoms with van der Waals surface area (Å²) in [6, 6.07) is 5.59. The number of carbonyl (C=O) groups excluding carboxylic acids is 2. The van der Waals surface area contributed by atoms with E-state index in [1.165, 1.54) is 6.20 Å². The molecule has 3 heterocycles. The second-order valence-corrected chi connectivity index (χ2v) is 12.0. The lowest BCUT2D eigenvalue weighted by molar-refractivity contribution is 0.0240. The van der Waals surface area contributed by atoms with Crippen molar-refractivity contribution < 1.29 is 23.2 Å². The number of aromatic nitrogens is 3. The van der Waals surface area contributed by atoms with Crippen LogP contribution in [0.25, 0.3) is 11.1 Å². The van der Waals surface area contributed by atoms with E-state index in [-0.39, 0.29) is 23.9 Å². The molecule has 40 heavy (non-hydrogen) atoms. The van der Waals surface area contributed by atoms with Gasteiger partial charge in [-0.05, 0) is 44.4 Å². The zero-order chi connectivity index (χ0) is 29.2. The summed E-state index contributed by atoms with van der Waals surface area (Å²) in [4.78, 5) is 37.0. The molecule has 1 aliphatic heterocycles. The van der Waals surface area contributed by atoms with E-state index in [4.69, 9.17) is 9.26 Å². The molecule has 0 bridgehead atoms. The topological polar surface area (TPSA) is 114 Å². The fourth-order valence-electron chi connectivity index (χ4n) is 4.33. The summed E-state index contributed by atoms with van der Waals surface area (Å²) in [5, 5.41) is 6.70. The second kappa shape index (κ2) is 11.2. The number of pyridine rings is 1. The van der Waals surface area contributed by atoms with Crippen LogP contribution in [0.15, 0.2) is 35.1 Å². The van der Waals surface area contributed by atoms with Crippen molar-refractivity contribution >= 4 is 17.7 Å². The smallest absolute Gasteiger partial charge is 0.410 e. The van der Waals surface area contributed by atoms with Gasteiger partial charge in [-0.25, -0.2) is 9.18 Å². The third kappa shape index (κ3) is 6.75. The van der Waals surface area contributed by atoms with Crippen LogP contribution in [0, 0.1) is 12.7 Å². The summed E-state index contributed by atoms with van der Waals surface area (Å²) in [5.41, 5.74) is 2.66. The van der Waals surface area contributed by atoms with E-state index in [0.29, 0.717) is 48.8 Å². The summed E-state index contributed by atoms with van der Waals surface area (Å²) < 4.78 is 25.8. The highest BCUT2D eigenvalue weighted by Crippen LogP contribution is 2.34. The molecular formula is C29H37FN6O4. The van der Waals surface area contributed by atoms with Crippen LogP contribution in [0.4, 0.5) is 14.9 Å². The molecule has 2 aromatic heterocycles. The lowest BCUT2D eigenvalue weighted by atomic mass is 9.96. The Morgan fingerprint density at radius 1 is 1.07 bits per heavy atom. The van der Waals surface area contributed by atoms with E-state index in [9.17, 15) is 9.59 Å². The second-order valence-electron chi connectivity index (χ2n) is 12.0. The molecule has 11 heteroatoms. The monoisotopic (exact) mass is 552 g/mol. The van der Waals surface area contributed by atoms with Gasteiger partial charge in [0.1, 0.15) is 5.60 Å². The standard InChI is InChI=1S/C29H37FN6O4/c1-18-14-19(8-9-20(18)15-32-24(37)25-33-26(34-40-25)28(2,3)4)23-21(30)16-31-17-22(23)35-10-12-36(13-11-35)27(38)39-29(5,6)7/h8-9,14,16-17H,10-13,15H2,1-7H3,(H,32,37). The molecule has 214 valence electrons. The lowest BCUT2D eigenvalue weighted by Gasteiger charge is -2.37. The maximum absolute atomic E-state index is 15.2. The van der Waals surface area contributed by atoms with Crippen LogP contribution in [0.1, 0.15) is 69.2 Å². The number of aryl methyl sites for hydroxylation is 1. The molecule has 0 radical (unpaired) electrons. The highest BCUT2D eigenvalue weighted by molar-refractivity contribution is 5.89. The third-order valence-corrected chi connectivity index (χ3v) is 6.51. The highest BCUT2D eigenvalue weighted by Gasteiger charge is 2.28. The zero-order valence-electron chi connectivity index (χ0n) is 24.2. The Bertz CT molecular complexity index is 1380. The number of benzene rings is 1. The van der Waals surface area contributed by atoms with Gasteiger partial charge in [0.2, 0.25) is 0 Å². The number of nitrogens with zero attached hydrogens (tertiary/aromatic N) is 5. The van der Waals surface area contributed by atoms with Gasteiger partial charge >= 0.3 is 17.9 Å². The van der Waals surface area contributed by atoms with Crippen molar-refractivity contribution in [3.8, 4) is 11.1 Å². The van der Waals surface area contributed by atoms with Crippen LogP contribution in [-0.4, -0.2) is 63.8 Å². The third-order valence-electron chi connectivity index (χ3n) is 6.51. The first-order valence-electron chi connectivity index (χ1n) is 13.3. The Balaban J connectivity index is 1.46. The van der Waals surface area contributed by atoms with Gasteiger partial charge in [-0.3, -0.25) is 9.78 Å². The molecule has 0 saturated carbocycles. The summed E-state index contributed by atoms with van der Waals surface area (Å²) >= 11 is 0. The number of halogens is 1. The maximum atomic E-state index is 15.2. The van der Waals surface area contributed by atoms with E-state index in [2.05, 4.69) is 20.4 Å². The molecule has 0 atom stereocenters. The van der Waals surface area contributed by atoms with Crippen LogP contribution in [0.2, 0.25) is 0 Å². The van der Waals surface area contributed by atoms with Crippen molar-refractivity contribution in [2.24, 2.45) is 0 Å². The molecule has 1 aliphatic rings. The van der Waals surface area contributed by atoms with Crippen LogP contribution in [0.3, 0.4) is 0 Å². The molecule has 0 aliphatic carbocycles. The Labute approximate surface area is 233 Å². The molecule has 10 nitrogen and oxygen atoms in total. The van der Waals surface area contributed by atoms with Gasteiger partial charge in [0.15, 0.2) is 11.6 Å². The predicted molar refractivity (Wildman–Crippen MR) is 149 cm³/mol. The van der Waals surface area contributed by atoms with Gasteiger partial charge in [0.25, 0.3) is 0 Å². The van der Waals surface area contributed by atoms with Gasteiger partial charge in [-0.1, -0.05) is 44.1 Å². The predicted octanol–water partition coefficient (Wildman–Crippen LogP) is 4.86. The van der Waals surface area contributed by atoms with Crippen molar-refractivity contribution in [2.45, 2.75) is 66.0 Å². The van der Waals surface area contributed by atoms with Gasteiger partial charge in [-0.15, -0.1) is 0 Å². The number of ether oxygens (including phenoxy) is 1. The molecule has 1 N–H and O–H groups in total. The highest BCUT2D eigenvalue weighted by atomic mass is 19.1. The largest absolute Gasteiger partial charge is 0.444 e. The number of piperazine rings is 1. The first kappa shape index (κ1) is 29.0. The number of nitrogens with one attached hydrogen (secondary N) is 1. The van der Waals surface area contributed by atoms with Crippen molar-refractivity contribution in [3.63, 3.8) is 0 Å². The van der Waals surface area contributed by atoms with Crippen LogP contribution in [-0.2, 0) is 16.7 Å². The summed E-state index contributed by atoms with van der Waals surface area (Å²) in [5.74, 6) is -0.521. The number of amides is 2. The lowest BCUT2D eigenvalue weighted by Crippen LogP contribution is -2.50. The summed E-state index contributed by atoms with van der Waals surface area (Å²) in [6.07, 6.45) is 2.51. The molecule has 4 rings (SSSR count). The minimum atomic E-state index is -0.566. The van der Waals surface area contributed by atoms with Crippen molar-refractivity contribution in [2.75, 3.05) is 31.1 Å². The fourth-order valence-corrected chi connectivity index (χ4v) is 4.33. The van der Waals surface area contributed by atoms with Crippen LogP contribution >= 0.6 is 0 Å². The maximum Gasteiger partial charge on any atom is 0.410 e. The van der Waals surface area contributed by atoms with E-state index in [1.807, 2.05) is 71.6 Å². The average Bonchev–Trinajstić information content (AvgIpc) is 3.38. The summed E-state index contributed by atoms with van der Waals surface area (Å²) in [6.45, 7) is 15.4. The number of rotatable bonds is 5.